The Morgan fingerprint density at radius 2 is 1.22 bits per heavy atom. The number of carbonyl (C=O) groups is 6. The smallest absolute Gasteiger partial charge is 0.319 e. The largest absolute Gasteiger partial charge is 0.494 e. The molecule has 24 nitrogen and oxygen atoms in total. The molecule has 1 aromatic heterocycles. The first-order valence-electron chi connectivity index (χ1n) is 24.2. The molecule has 0 radical (unpaired) electrons. The summed E-state index contributed by atoms with van der Waals surface area (Å²) >= 11 is 6.57. The third kappa shape index (κ3) is 21.5. The molecule has 0 bridgehead atoms. The number of hydrogen-bond donors (Lipinski definition) is 7. The highest BCUT2D eigenvalue weighted by atomic mass is 35.5. The van der Waals surface area contributed by atoms with Crippen LogP contribution < -0.4 is 35.7 Å². The van der Waals surface area contributed by atoms with Crippen molar-refractivity contribution in [1.29, 1.82) is 0 Å². The zero-order valence-corrected chi connectivity index (χ0v) is 42.8. The normalized spacial score (nSPS) is 14.7. The van der Waals surface area contributed by atoms with Gasteiger partial charge in [0.15, 0.2) is 11.4 Å². The summed E-state index contributed by atoms with van der Waals surface area (Å²) in [4.78, 5) is 94.3. The van der Waals surface area contributed by atoms with E-state index in [2.05, 4.69) is 16.0 Å². The summed E-state index contributed by atoms with van der Waals surface area (Å²) in [6.07, 6.45) is 1.09. The van der Waals surface area contributed by atoms with Crippen LogP contribution in [0.2, 0.25) is 5.02 Å². The molecule has 3 aromatic rings. The van der Waals surface area contributed by atoms with E-state index in [1.165, 1.54) is 4.57 Å². The molecule has 25 heteroatoms. The highest BCUT2D eigenvalue weighted by Gasteiger charge is 2.25. The van der Waals surface area contributed by atoms with Gasteiger partial charge in [-0.2, -0.15) is 0 Å². The van der Waals surface area contributed by atoms with E-state index in [1.54, 1.807) is 77.2 Å². The monoisotopic (exact) mass is 1060 g/mol. The molecule has 1 aliphatic rings. The molecular formula is C49H69ClN8O16. The van der Waals surface area contributed by atoms with Crippen LogP contribution in [0.25, 0.3) is 0 Å². The van der Waals surface area contributed by atoms with Crippen LogP contribution in [0.15, 0.2) is 53.5 Å². The van der Waals surface area contributed by atoms with E-state index in [1.807, 2.05) is 11.8 Å². The summed E-state index contributed by atoms with van der Waals surface area (Å²) < 4.78 is 30.1. The van der Waals surface area contributed by atoms with Crippen LogP contribution in [0.5, 0.6) is 17.2 Å². The molecule has 1 atom stereocenters. The first kappa shape index (κ1) is 60.0. The van der Waals surface area contributed by atoms with Gasteiger partial charge in [-0.3, -0.25) is 48.4 Å². The molecule has 74 heavy (non-hydrogen) atoms. The minimum absolute atomic E-state index is 0.0223. The van der Waals surface area contributed by atoms with Gasteiger partial charge < -0.3 is 64.6 Å². The number of hydrogen-bond acceptors (Lipinski definition) is 16. The van der Waals surface area contributed by atoms with Crippen LogP contribution in [0, 0.1) is 6.92 Å². The van der Waals surface area contributed by atoms with Crippen molar-refractivity contribution >= 4 is 53.1 Å². The fourth-order valence-corrected chi connectivity index (χ4v) is 8.14. The molecule has 1 aliphatic heterocycles. The summed E-state index contributed by atoms with van der Waals surface area (Å²) in [6, 6.07) is 9.92. The first-order chi connectivity index (χ1) is 35.5. The van der Waals surface area contributed by atoms with Crippen molar-refractivity contribution in [2.24, 2.45) is 0 Å². The maximum Gasteiger partial charge on any atom is 0.319 e. The molecule has 0 saturated carbocycles. The lowest BCUT2D eigenvalue weighted by Crippen LogP contribution is -2.50. The van der Waals surface area contributed by atoms with Crippen LogP contribution in [-0.4, -0.2) is 212 Å². The van der Waals surface area contributed by atoms with E-state index >= 15 is 0 Å². The van der Waals surface area contributed by atoms with E-state index in [9.17, 15) is 54.0 Å². The Labute approximate surface area is 434 Å². The Morgan fingerprint density at radius 1 is 0.676 bits per heavy atom. The lowest BCUT2D eigenvalue weighted by Gasteiger charge is -2.32. The van der Waals surface area contributed by atoms with E-state index < -0.39 is 47.9 Å². The summed E-state index contributed by atoms with van der Waals surface area (Å²) in [6.45, 7) is 7.92. The fraction of sp³-hybridized carbons (Fsp3) is 0.531. The highest BCUT2D eigenvalue weighted by molar-refractivity contribution is 6.31. The number of carboxylic acids is 4. The molecule has 0 aliphatic carbocycles. The maximum atomic E-state index is 14.2. The molecule has 408 valence electrons. The van der Waals surface area contributed by atoms with Crippen molar-refractivity contribution in [3.8, 4) is 17.2 Å². The number of nitrogens with one attached hydrogen (secondary N) is 3. The lowest BCUT2D eigenvalue weighted by atomic mass is 10.0. The summed E-state index contributed by atoms with van der Waals surface area (Å²) in [7, 11) is 0. The zero-order valence-electron chi connectivity index (χ0n) is 42.1. The van der Waals surface area contributed by atoms with Crippen LogP contribution in [-0.2, 0) is 40.0 Å². The number of rotatable bonds is 29. The van der Waals surface area contributed by atoms with Gasteiger partial charge in [-0.1, -0.05) is 29.8 Å². The number of carboxylic acid groups (broad SMARTS) is 4. The topological polar surface area (TPSA) is 301 Å². The van der Waals surface area contributed by atoms with E-state index in [0.717, 1.165) is 0 Å². The zero-order chi connectivity index (χ0) is 54.0. The Kier molecular flexibility index (Phi) is 25.9. The van der Waals surface area contributed by atoms with Crippen molar-refractivity contribution in [3.05, 3.63) is 80.7 Å². The molecule has 2 heterocycles. The number of aromatic nitrogens is 1. The van der Waals surface area contributed by atoms with Crippen LogP contribution in [0.1, 0.15) is 43.0 Å². The Bertz CT molecular complexity index is 2360. The molecule has 4 rings (SSSR count). The second kappa shape index (κ2) is 31.9. The van der Waals surface area contributed by atoms with Gasteiger partial charge in [0.2, 0.25) is 5.91 Å². The minimum atomic E-state index is -1.17. The molecule has 3 amide bonds. The summed E-state index contributed by atoms with van der Waals surface area (Å²) in [5.41, 5.74) is 0.606. The number of urea groups is 1. The van der Waals surface area contributed by atoms with Gasteiger partial charge in [-0.15, -0.1) is 0 Å². The number of benzene rings is 2. The number of carbonyl (C=O) groups excluding carboxylic acids is 2. The second-order valence-corrected chi connectivity index (χ2v) is 17.5. The van der Waals surface area contributed by atoms with Crippen LogP contribution >= 0.6 is 11.6 Å². The number of anilines is 1. The predicted octanol–water partition coefficient (Wildman–Crippen LogP) is 2.00. The number of aryl methyl sites for hydroxylation is 1. The second-order valence-electron chi connectivity index (χ2n) is 17.1. The number of halogens is 1. The molecule has 1 saturated heterocycles. The number of pyridine rings is 1. The quantitative estimate of drug-likeness (QED) is 0.0489. The van der Waals surface area contributed by atoms with Gasteiger partial charge in [0.1, 0.15) is 18.1 Å². The van der Waals surface area contributed by atoms with Crippen molar-refractivity contribution < 1.29 is 72.9 Å². The average Bonchev–Trinajstić information content (AvgIpc) is 3.33. The molecule has 0 spiro atoms. The number of aliphatic carboxylic acids is 4. The third-order valence-corrected chi connectivity index (χ3v) is 11.8. The van der Waals surface area contributed by atoms with Gasteiger partial charge in [0, 0.05) is 81.2 Å². The summed E-state index contributed by atoms with van der Waals surface area (Å²) in [5, 5.41) is 46.5. The molecular weight excluding hydrogens is 992 g/mol. The van der Waals surface area contributed by atoms with E-state index in [0.29, 0.717) is 59.5 Å². The van der Waals surface area contributed by atoms with Crippen LogP contribution in [0.4, 0.5) is 10.5 Å². The molecule has 7 N–H and O–H groups in total. The van der Waals surface area contributed by atoms with Crippen molar-refractivity contribution in [2.45, 2.75) is 39.8 Å². The first-order valence-corrected chi connectivity index (χ1v) is 24.6. The van der Waals surface area contributed by atoms with Crippen LogP contribution in [0.3, 0.4) is 0 Å². The Balaban J connectivity index is 1.33. The predicted molar refractivity (Wildman–Crippen MR) is 271 cm³/mol. The highest BCUT2D eigenvalue weighted by Crippen LogP contribution is 2.30. The van der Waals surface area contributed by atoms with Crippen molar-refractivity contribution in [2.75, 3.05) is 137 Å². The van der Waals surface area contributed by atoms with Gasteiger partial charge in [0.05, 0.1) is 84.8 Å². The van der Waals surface area contributed by atoms with Gasteiger partial charge in [-0.25, -0.2) is 4.79 Å². The van der Waals surface area contributed by atoms with Crippen molar-refractivity contribution in [1.82, 2.24) is 34.8 Å². The Morgan fingerprint density at radius 3 is 1.77 bits per heavy atom. The van der Waals surface area contributed by atoms with Crippen molar-refractivity contribution in [3.63, 3.8) is 0 Å². The van der Waals surface area contributed by atoms with Gasteiger partial charge in [-0.05, 0) is 50.6 Å². The molecule has 1 unspecified atom stereocenters. The lowest BCUT2D eigenvalue weighted by molar-refractivity contribution is -0.140. The summed E-state index contributed by atoms with van der Waals surface area (Å²) in [5.74, 6) is -3.62. The maximum absolute atomic E-state index is 14.2. The number of nitrogens with zero attached hydrogens (tertiary/aromatic N) is 5. The van der Waals surface area contributed by atoms with Gasteiger partial charge >= 0.3 is 29.9 Å². The minimum Gasteiger partial charge on any atom is -0.494 e. The SMILES string of the molecule is CCOc1cccc(C(CC(=O)O)NC(=O)Nc2c(OCCOCCOCCNC(=O)CN3CCN(CC(=O)O)CCN(CC(=O)O)CCN(CC(=O)O)CC3)c(C)cn(Cc3c(Cl)cccc3OCC)c2=O)c1. The number of amides is 3. The fourth-order valence-electron chi connectivity index (χ4n) is 7.91. The third-order valence-electron chi connectivity index (χ3n) is 11.4. The molecule has 2 aromatic carbocycles. The Hall–Kier alpha value is -6.54. The van der Waals surface area contributed by atoms with E-state index in [4.69, 9.17) is 35.3 Å². The van der Waals surface area contributed by atoms with Gasteiger partial charge in [0.25, 0.3) is 5.56 Å². The molecule has 1 fully saturated rings. The standard InChI is InChI=1S/C49H69ClN8O16/c1-4-72-36-9-6-8-35(26-36)39(27-42(60)61)52-49(69)53-46-47(34(3)28-58(48(46)68)29-37-38(50)10-7-11-40(37)73-5-2)74-25-24-71-23-22-70-21-12-51-41(59)30-54-13-15-55(31-43(62)63)17-19-57(33-45(66)67)20-18-56(16-14-54)32-44(64)65/h6-11,26,28,39H,4-5,12-25,27,29-33H2,1-3H3,(H,51,59)(H,60,61)(H,62,63)(H,64,65)(H,66,67)(H2,52,53,69). The average molecular weight is 1060 g/mol. The number of ether oxygens (including phenoxy) is 5. The van der Waals surface area contributed by atoms with E-state index in [-0.39, 0.29) is 129 Å².